The third-order valence-corrected chi connectivity index (χ3v) is 6.43. The van der Waals surface area contributed by atoms with Gasteiger partial charge in [-0.05, 0) is 46.0 Å². The van der Waals surface area contributed by atoms with E-state index in [1.165, 1.54) is 16.7 Å². The highest BCUT2D eigenvalue weighted by Crippen LogP contribution is 2.28. The Hall–Kier alpha value is -4.64. The topological polar surface area (TPSA) is 50.2 Å². The smallest absolute Gasteiger partial charge is 0.253 e. The van der Waals surface area contributed by atoms with Crippen molar-refractivity contribution >= 4 is 11.6 Å². The summed E-state index contributed by atoms with van der Waals surface area (Å²) in [5, 5.41) is 3.52. The average Bonchev–Trinajstić information content (AvgIpc) is 3.39. The first-order chi connectivity index (χ1) is 18.1. The predicted octanol–water partition coefficient (Wildman–Crippen LogP) is 6.58. The van der Waals surface area contributed by atoms with Gasteiger partial charge in [0.05, 0.1) is 18.6 Å². The number of nitrogens with zero attached hydrogens (tertiary/aromatic N) is 3. The van der Waals surface area contributed by atoms with Crippen LogP contribution in [0.4, 0.5) is 5.69 Å². The van der Waals surface area contributed by atoms with Crippen LogP contribution in [-0.4, -0.2) is 34.5 Å². The largest absolute Gasteiger partial charge is 0.379 e. The highest BCUT2D eigenvalue weighted by atomic mass is 16.2. The lowest BCUT2D eigenvalue weighted by molar-refractivity contribution is 0.0828. The summed E-state index contributed by atoms with van der Waals surface area (Å²) in [6, 6.07) is 35.0. The van der Waals surface area contributed by atoms with E-state index in [9.17, 15) is 4.79 Å². The Morgan fingerprint density at radius 1 is 0.811 bits per heavy atom. The molecule has 0 fully saturated rings. The molecule has 0 atom stereocenters. The molecule has 0 saturated carbocycles. The second-order valence-electron chi connectivity index (χ2n) is 9.26. The summed E-state index contributed by atoms with van der Waals surface area (Å²) >= 11 is 0. The summed E-state index contributed by atoms with van der Waals surface area (Å²) in [7, 11) is 3.55. The maximum absolute atomic E-state index is 12.8. The van der Waals surface area contributed by atoms with E-state index in [1.54, 1.807) is 19.0 Å². The summed E-state index contributed by atoms with van der Waals surface area (Å²) < 4.78 is 2.16. The van der Waals surface area contributed by atoms with E-state index in [2.05, 4.69) is 69.5 Å². The number of amides is 1. The molecule has 0 radical (unpaired) electrons. The highest BCUT2D eigenvalue weighted by Gasteiger charge is 2.15. The van der Waals surface area contributed by atoms with Gasteiger partial charge in [-0.3, -0.25) is 4.79 Å². The Kier molecular flexibility index (Phi) is 7.13. The van der Waals surface area contributed by atoms with Gasteiger partial charge in [0, 0.05) is 38.1 Å². The number of hydrogen-bond acceptors (Lipinski definition) is 3. The minimum Gasteiger partial charge on any atom is -0.379 e. The quantitative estimate of drug-likeness (QED) is 0.270. The van der Waals surface area contributed by atoms with Gasteiger partial charge in [0.25, 0.3) is 5.91 Å². The molecular formula is C32H30N4O. The van der Waals surface area contributed by atoms with Crippen LogP contribution < -0.4 is 5.32 Å². The van der Waals surface area contributed by atoms with Crippen molar-refractivity contribution in [1.29, 1.82) is 0 Å². The summed E-state index contributed by atoms with van der Waals surface area (Å²) in [5.41, 5.74) is 8.30. The van der Waals surface area contributed by atoms with Crippen LogP contribution in [0.15, 0.2) is 116 Å². The van der Waals surface area contributed by atoms with Crippen molar-refractivity contribution in [3.63, 3.8) is 0 Å². The zero-order valence-electron chi connectivity index (χ0n) is 21.1. The van der Waals surface area contributed by atoms with Gasteiger partial charge in [-0.1, -0.05) is 84.9 Å². The first kappa shape index (κ1) is 24.1. The second kappa shape index (κ2) is 11.0. The van der Waals surface area contributed by atoms with Crippen LogP contribution in [0.3, 0.4) is 0 Å². The Morgan fingerprint density at radius 2 is 1.46 bits per heavy atom. The molecule has 0 aliphatic heterocycles. The molecule has 5 aromatic rings. The molecule has 37 heavy (non-hydrogen) atoms. The van der Waals surface area contributed by atoms with Crippen molar-refractivity contribution in [3.05, 3.63) is 132 Å². The molecule has 0 saturated heterocycles. The van der Waals surface area contributed by atoms with Crippen LogP contribution in [-0.2, 0) is 13.1 Å². The minimum absolute atomic E-state index is 0.0123. The molecule has 1 aromatic heterocycles. The standard InChI is InChI=1S/C32H30N4O/c1-35(2)32(37)30-18-17-28(19-31(30)27-11-7-4-8-12-27)34-21-29-20-33-23-36(29)22-24-13-15-26(16-14-24)25-9-5-3-6-10-25/h3-20,23,34H,21-22H2,1-2H3. The molecule has 1 heterocycles. The van der Waals surface area contributed by atoms with Gasteiger partial charge >= 0.3 is 0 Å². The molecule has 5 nitrogen and oxygen atoms in total. The maximum Gasteiger partial charge on any atom is 0.253 e. The zero-order chi connectivity index (χ0) is 25.6. The summed E-state index contributed by atoms with van der Waals surface area (Å²) in [5.74, 6) is -0.0123. The molecule has 1 amide bonds. The first-order valence-electron chi connectivity index (χ1n) is 12.4. The van der Waals surface area contributed by atoms with E-state index in [0.717, 1.165) is 29.1 Å². The van der Waals surface area contributed by atoms with E-state index in [1.807, 2.05) is 61.1 Å². The normalized spacial score (nSPS) is 10.8. The fourth-order valence-electron chi connectivity index (χ4n) is 4.40. The van der Waals surface area contributed by atoms with Crippen LogP contribution in [0.25, 0.3) is 22.3 Å². The lowest BCUT2D eigenvalue weighted by Crippen LogP contribution is -2.22. The van der Waals surface area contributed by atoms with Gasteiger partial charge in [0.1, 0.15) is 0 Å². The number of carbonyl (C=O) groups is 1. The third kappa shape index (κ3) is 5.62. The SMILES string of the molecule is CN(C)C(=O)c1ccc(NCc2cncn2Cc2ccc(-c3ccccc3)cc2)cc1-c1ccccc1. The molecule has 4 aromatic carbocycles. The fourth-order valence-corrected chi connectivity index (χ4v) is 4.40. The second-order valence-corrected chi connectivity index (χ2v) is 9.26. The molecule has 0 bridgehead atoms. The Morgan fingerprint density at radius 3 is 2.14 bits per heavy atom. The predicted molar refractivity (Wildman–Crippen MR) is 150 cm³/mol. The number of nitrogens with one attached hydrogen (secondary N) is 1. The zero-order valence-corrected chi connectivity index (χ0v) is 21.1. The molecule has 1 N–H and O–H groups in total. The third-order valence-electron chi connectivity index (χ3n) is 6.43. The van der Waals surface area contributed by atoms with Gasteiger partial charge in [-0.15, -0.1) is 0 Å². The summed E-state index contributed by atoms with van der Waals surface area (Å²) in [6.45, 7) is 1.37. The summed E-state index contributed by atoms with van der Waals surface area (Å²) in [6.07, 6.45) is 3.77. The molecule has 0 unspecified atom stereocenters. The molecule has 0 aliphatic carbocycles. The van der Waals surface area contributed by atoms with Gasteiger partial charge in [0.2, 0.25) is 0 Å². The number of imidazole rings is 1. The Balaban J connectivity index is 1.31. The lowest BCUT2D eigenvalue weighted by Gasteiger charge is -2.17. The highest BCUT2D eigenvalue weighted by molar-refractivity contribution is 6.01. The number of anilines is 1. The van der Waals surface area contributed by atoms with Crippen LogP contribution in [0.5, 0.6) is 0 Å². The van der Waals surface area contributed by atoms with E-state index < -0.39 is 0 Å². The molecule has 5 rings (SSSR count). The van der Waals surface area contributed by atoms with Crippen molar-refractivity contribution in [2.75, 3.05) is 19.4 Å². The number of aromatic nitrogens is 2. The minimum atomic E-state index is -0.0123. The van der Waals surface area contributed by atoms with Gasteiger partial charge in [-0.2, -0.15) is 0 Å². The number of hydrogen-bond donors (Lipinski definition) is 1. The van der Waals surface area contributed by atoms with Crippen molar-refractivity contribution in [3.8, 4) is 22.3 Å². The van der Waals surface area contributed by atoms with E-state index in [0.29, 0.717) is 12.1 Å². The molecule has 184 valence electrons. The number of benzene rings is 4. The van der Waals surface area contributed by atoms with Gasteiger partial charge in [-0.25, -0.2) is 4.98 Å². The van der Waals surface area contributed by atoms with Gasteiger partial charge in [0.15, 0.2) is 0 Å². The average molecular weight is 487 g/mol. The van der Waals surface area contributed by atoms with Crippen molar-refractivity contribution < 1.29 is 4.79 Å². The van der Waals surface area contributed by atoms with Crippen LogP contribution >= 0.6 is 0 Å². The lowest BCUT2D eigenvalue weighted by atomic mass is 9.98. The maximum atomic E-state index is 12.8. The van der Waals surface area contributed by atoms with Crippen LogP contribution in [0.2, 0.25) is 0 Å². The van der Waals surface area contributed by atoms with E-state index in [4.69, 9.17) is 0 Å². The number of rotatable bonds is 8. The Labute approximate surface area is 218 Å². The molecular weight excluding hydrogens is 456 g/mol. The Bertz CT molecular complexity index is 1470. The first-order valence-corrected chi connectivity index (χ1v) is 12.4. The molecule has 5 heteroatoms. The molecule has 0 aliphatic rings. The fraction of sp³-hybridized carbons (Fsp3) is 0.125. The summed E-state index contributed by atoms with van der Waals surface area (Å²) in [4.78, 5) is 18.8. The van der Waals surface area contributed by atoms with Crippen LogP contribution in [0.1, 0.15) is 21.6 Å². The monoisotopic (exact) mass is 486 g/mol. The van der Waals surface area contributed by atoms with Crippen molar-refractivity contribution in [2.45, 2.75) is 13.1 Å². The van der Waals surface area contributed by atoms with E-state index >= 15 is 0 Å². The molecule has 0 spiro atoms. The van der Waals surface area contributed by atoms with E-state index in [-0.39, 0.29) is 5.91 Å². The van der Waals surface area contributed by atoms with Crippen molar-refractivity contribution in [2.24, 2.45) is 0 Å². The van der Waals surface area contributed by atoms with Gasteiger partial charge < -0.3 is 14.8 Å². The number of carbonyl (C=O) groups excluding carboxylic acids is 1. The van der Waals surface area contributed by atoms with Crippen molar-refractivity contribution in [1.82, 2.24) is 14.5 Å². The van der Waals surface area contributed by atoms with Crippen LogP contribution in [0, 0.1) is 0 Å².